The van der Waals surface area contributed by atoms with Crippen LogP contribution in [0.3, 0.4) is 0 Å². The Kier molecular flexibility index (Phi) is 7.40. The third kappa shape index (κ3) is 5.87. The average molecular weight is 317 g/mol. The van der Waals surface area contributed by atoms with E-state index < -0.39 is 0 Å². The van der Waals surface area contributed by atoms with Crippen molar-refractivity contribution < 1.29 is 4.74 Å². The lowest BCUT2D eigenvalue weighted by Crippen LogP contribution is -2.42. The van der Waals surface area contributed by atoms with Gasteiger partial charge in [0, 0.05) is 32.2 Å². The van der Waals surface area contributed by atoms with Crippen molar-refractivity contribution in [1.82, 2.24) is 10.6 Å². The zero-order valence-corrected chi connectivity index (χ0v) is 14.7. The lowest BCUT2D eigenvalue weighted by molar-refractivity contribution is -0.0265. The second-order valence-electron chi connectivity index (χ2n) is 6.60. The van der Waals surface area contributed by atoms with E-state index in [0.29, 0.717) is 11.8 Å². The minimum Gasteiger partial charge on any atom is -0.373 e. The molecule has 0 spiro atoms. The van der Waals surface area contributed by atoms with Crippen molar-refractivity contribution in [3.8, 4) is 0 Å². The Balaban J connectivity index is 1.96. The molecule has 1 aromatic rings. The van der Waals surface area contributed by atoms with E-state index in [1.54, 1.807) is 0 Å². The van der Waals surface area contributed by atoms with Crippen LogP contribution in [0.5, 0.6) is 0 Å². The maximum absolute atomic E-state index is 6.07. The highest BCUT2D eigenvalue weighted by Crippen LogP contribution is 2.32. The Hall–Kier alpha value is -1.55. The van der Waals surface area contributed by atoms with Crippen LogP contribution in [-0.4, -0.2) is 32.2 Å². The Morgan fingerprint density at radius 2 is 2.04 bits per heavy atom. The second kappa shape index (κ2) is 9.56. The van der Waals surface area contributed by atoms with Gasteiger partial charge in [0.25, 0.3) is 0 Å². The number of benzene rings is 1. The standard InChI is InChI=1S/C19H31N3O/c1-4-20-19(21-13-15(2)3)22-14-17-11-8-12-23-18(17)16-9-6-5-7-10-16/h5-7,9-10,15,17-18H,4,8,11-14H2,1-3H3,(H2,20,21,22). The molecule has 0 amide bonds. The number of nitrogens with zero attached hydrogens (tertiary/aromatic N) is 1. The summed E-state index contributed by atoms with van der Waals surface area (Å²) in [4.78, 5) is 4.65. The first-order chi connectivity index (χ1) is 11.2. The number of aliphatic imine (C=N–C) groups is 1. The van der Waals surface area contributed by atoms with Gasteiger partial charge in [-0.3, -0.25) is 4.99 Å². The van der Waals surface area contributed by atoms with Crippen molar-refractivity contribution in [3.05, 3.63) is 35.9 Å². The molecule has 1 fully saturated rings. The van der Waals surface area contributed by atoms with Gasteiger partial charge in [-0.15, -0.1) is 0 Å². The Bertz CT molecular complexity index is 473. The largest absolute Gasteiger partial charge is 0.373 e. The zero-order chi connectivity index (χ0) is 16.5. The van der Waals surface area contributed by atoms with Gasteiger partial charge in [-0.1, -0.05) is 44.2 Å². The molecule has 0 saturated carbocycles. The highest BCUT2D eigenvalue weighted by Gasteiger charge is 2.27. The molecule has 0 aliphatic carbocycles. The van der Waals surface area contributed by atoms with Crippen LogP contribution in [0.4, 0.5) is 0 Å². The molecule has 128 valence electrons. The van der Waals surface area contributed by atoms with Gasteiger partial charge in [-0.2, -0.15) is 0 Å². The molecule has 0 aromatic heterocycles. The van der Waals surface area contributed by atoms with Gasteiger partial charge < -0.3 is 15.4 Å². The van der Waals surface area contributed by atoms with Crippen LogP contribution >= 0.6 is 0 Å². The lowest BCUT2D eigenvalue weighted by Gasteiger charge is -2.32. The summed E-state index contributed by atoms with van der Waals surface area (Å²) in [5, 5.41) is 6.83. The highest BCUT2D eigenvalue weighted by molar-refractivity contribution is 5.79. The first kappa shape index (κ1) is 17.8. The third-order valence-electron chi connectivity index (χ3n) is 4.06. The minimum atomic E-state index is 0.186. The summed E-state index contributed by atoms with van der Waals surface area (Å²) in [6, 6.07) is 10.6. The van der Waals surface area contributed by atoms with E-state index in [1.807, 2.05) is 0 Å². The predicted octanol–water partition coefficient (Wildman–Crippen LogP) is 3.37. The monoisotopic (exact) mass is 317 g/mol. The topological polar surface area (TPSA) is 45.7 Å². The number of hydrogen-bond acceptors (Lipinski definition) is 2. The molecule has 1 saturated heterocycles. The van der Waals surface area contributed by atoms with Crippen LogP contribution in [0.15, 0.2) is 35.3 Å². The SMILES string of the molecule is CCNC(=NCC(C)C)NCC1CCCOC1c1ccccc1. The summed E-state index contributed by atoms with van der Waals surface area (Å²) in [7, 11) is 0. The molecule has 1 aromatic carbocycles. The van der Waals surface area contributed by atoms with E-state index in [-0.39, 0.29) is 6.10 Å². The second-order valence-corrected chi connectivity index (χ2v) is 6.60. The number of nitrogens with one attached hydrogen (secondary N) is 2. The summed E-state index contributed by atoms with van der Waals surface area (Å²) >= 11 is 0. The fourth-order valence-corrected chi connectivity index (χ4v) is 2.91. The highest BCUT2D eigenvalue weighted by atomic mass is 16.5. The molecule has 4 heteroatoms. The van der Waals surface area contributed by atoms with Crippen molar-refractivity contribution in [2.24, 2.45) is 16.8 Å². The minimum absolute atomic E-state index is 0.186. The molecule has 23 heavy (non-hydrogen) atoms. The third-order valence-corrected chi connectivity index (χ3v) is 4.06. The molecule has 0 radical (unpaired) electrons. The molecular weight excluding hydrogens is 286 g/mol. The van der Waals surface area contributed by atoms with Crippen molar-refractivity contribution in [1.29, 1.82) is 0 Å². The number of hydrogen-bond donors (Lipinski definition) is 2. The first-order valence-corrected chi connectivity index (χ1v) is 8.89. The van der Waals surface area contributed by atoms with Crippen LogP contribution in [-0.2, 0) is 4.74 Å². The van der Waals surface area contributed by atoms with Crippen molar-refractivity contribution in [2.45, 2.75) is 39.7 Å². The number of rotatable bonds is 6. The summed E-state index contributed by atoms with van der Waals surface area (Å²) in [6.07, 6.45) is 2.51. The smallest absolute Gasteiger partial charge is 0.191 e. The number of guanidine groups is 1. The van der Waals surface area contributed by atoms with E-state index in [1.165, 1.54) is 12.0 Å². The Labute approximate surface area is 140 Å². The fraction of sp³-hybridized carbons (Fsp3) is 0.632. The van der Waals surface area contributed by atoms with Crippen molar-refractivity contribution in [2.75, 3.05) is 26.2 Å². The lowest BCUT2D eigenvalue weighted by atomic mass is 9.89. The van der Waals surface area contributed by atoms with Gasteiger partial charge in [0.1, 0.15) is 0 Å². The summed E-state index contributed by atoms with van der Waals surface area (Å²) in [5.41, 5.74) is 1.28. The van der Waals surface area contributed by atoms with E-state index in [4.69, 9.17) is 4.74 Å². The quantitative estimate of drug-likeness (QED) is 0.624. The average Bonchev–Trinajstić information content (AvgIpc) is 2.58. The Morgan fingerprint density at radius 3 is 2.74 bits per heavy atom. The van der Waals surface area contributed by atoms with E-state index in [2.05, 4.69) is 66.7 Å². The molecule has 1 heterocycles. The van der Waals surface area contributed by atoms with Crippen molar-refractivity contribution in [3.63, 3.8) is 0 Å². The van der Waals surface area contributed by atoms with Gasteiger partial charge in [-0.25, -0.2) is 0 Å². The Morgan fingerprint density at radius 1 is 1.26 bits per heavy atom. The molecule has 0 bridgehead atoms. The molecule has 4 nitrogen and oxygen atoms in total. The van der Waals surface area contributed by atoms with Crippen LogP contribution < -0.4 is 10.6 Å². The van der Waals surface area contributed by atoms with E-state index in [9.17, 15) is 0 Å². The fourth-order valence-electron chi connectivity index (χ4n) is 2.91. The molecule has 2 rings (SSSR count). The van der Waals surface area contributed by atoms with Crippen molar-refractivity contribution >= 4 is 5.96 Å². The van der Waals surface area contributed by atoms with Gasteiger partial charge in [0.15, 0.2) is 5.96 Å². The maximum atomic E-state index is 6.07. The molecule has 1 aliphatic heterocycles. The number of ether oxygens (including phenoxy) is 1. The molecule has 2 N–H and O–H groups in total. The first-order valence-electron chi connectivity index (χ1n) is 8.89. The molecule has 2 unspecified atom stereocenters. The van der Waals surface area contributed by atoms with Crippen LogP contribution in [0.2, 0.25) is 0 Å². The van der Waals surface area contributed by atoms with Gasteiger partial charge in [0.2, 0.25) is 0 Å². The van der Waals surface area contributed by atoms with E-state index >= 15 is 0 Å². The summed E-state index contributed by atoms with van der Waals surface area (Å²) in [6.45, 7) is 9.96. The molecular formula is C19H31N3O. The van der Waals surface area contributed by atoms with Crippen LogP contribution in [0, 0.1) is 11.8 Å². The normalized spacial score (nSPS) is 22.2. The van der Waals surface area contributed by atoms with Gasteiger partial charge >= 0.3 is 0 Å². The molecule has 1 aliphatic rings. The maximum Gasteiger partial charge on any atom is 0.191 e. The molecule has 2 atom stereocenters. The summed E-state index contributed by atoms with van der Waals surface area (Å²) < 4.78 is 6.07. The van der Waals surface area contributed by atoms with Gasteiger partial charge in [0.05, 0.1) is 6.10 Å². The summed E-state index contributed by atoms with van der Waals surface area (Å²) in [5.74, 6) is 1.97. The van der Waals surface area contributed by atoms with Crippen LogP contribution in [0.25, 0.3) is 0 Å². The van der Waals surface area contributed by atoms with Gasteiger partial charge in [-0.05, 0) is 31.2 Å². The van der Waals surface area contributed by atoms with E-state index in [0.717, 1.165) is 38.6 Å². The van der Waals surface area contributed by atoms with Crippen LogP contribution in [0.1, 0.15) is 45.3 Å². The predicted molar refractivity (Wildman–Crippen MR) is 96.7 cm³/mol. The zero-order valence-electron chi connectivity index (χ0n) is 14.7.